The minimum Gasteiger partial charge on any atom is -0.478 e. The third kappa shape index (κ3) is 3.28. The van der Waals surface area contributed by atoms with Gasteiger partial charge in [0.05, 0.1) is 28.2 Å². The largest absolute Gasteiger partial charge is 0.478 e. The first-order valence-electron chi connectivity index (χ1n) is 7.03. The molecule has 1 aliphatic carbocycles. The lowest BCUT2D eigenvalue weighted by molar-refractivity contribution is -0.137. The third-order valence-electron chi connectivity index (χ3n) is 3.65. The van der Waals surface area contributed by atoms with E-state index in [1.807, 2.05) is 0 Å². The van der Waals surface area contributed by atoms with Gasteiger partial charge in [-0.05, 0) is 43.2 Å². The maximum atomic E-state index is 12.9. The molecule has 0 amide bonds. The van der Waals surface area contributed by atoms with E-state index < -0.39 is 17.7 Å². The zero-order chi connectivity index (χ0) is 16.6. The minimum absolute atomic E-state index is 0.0952. The SMILES string of the molecule is O=C(O)c1ccc(C(F)(F)F)cc1Nc1cccnc1C1CC1. The number of aromatic nitrogens is 1. The number of hydrogen-bond donors (Lipinski definition) is 2. The molecule has 0 atom stereocenters. The summed E-state index contributed by atoms with van der Waals surface area (Å²) in [5, 5.41) is 12.0. The summed E-state index contributed by atoms with van der Waals surface area (Å²) in [6.45, 7) is 0. The van der Waals surface area contributed by atoms with Crippen molar-refractivity contribution in [2.45, 2.75) is 24.9 Å². The summed E-state index contributed by atoms with van der Waals surface area (Å²) in [4.78, 5) is 15.5. The van der Waals surface area contributed by atoms with E-state index in [9.17, 15) is 23.1 Å². The van der Waals surface area contributed by atoms with Crippen LogP contribution in [0, 0.1) is 0 Å². The molecule has 7 heteroatoms. The highest BCUT2D eigenvalue weighted by atomic mass is 19.4. The highest BCUT2D eigenvalue weighted by Crippen LogP contribution is 2.43. The van der Waals surface area contributed by atoms with Crippen molar-refractivity contribution in [3.63, 3.8) is 0 Å². The van der Waals surface area contributed by atoms with E-state index in [2.05, 4.69) is 10.3 Å². The van der Waals surface area contributed by atoms with E-state index >= 15 is 0 Å². The second kappa shape index (κ2) is 5.57. The molecule has 23 heavy (non-hydrogen) atoms. The van der Waals surface area contributed by atoms with Crippen LogP contribution in [-0.2, 0) is 6.18 Å². The van der Waals surface area contributed by atoms with Gasteiger partial charge in [-0.2, -0.15) is 13.2 Å². The Kier molecular flexibility index (Phi) is 3.71. The molecule has 1 saturated carbocycles. The van der Waals surface area contributed by atoms with Crippen LogP contribution in [0.1, 0.15) is 40.4 Å². The molecule has 0 saturated heterocycles. The normalized spacial score (nSPS) is 14.6. The third-order valence-corrected chi connectivity index (χ3v) is 3.65. The molecule has 0 bridgehead atoms. The number of hydrogen-bond acceptors (Lipinski definition) is 3. The first-order valence-corrected chi connectivity index (χ1v) is 7.03. The predicted molar refractivity (Wildman–Crippen MR) is 77.9 cm³/mol. The molecule has 0 spiro atoms. The summed E-state index contributed by atoms with van der Waals surface area (Å²) < 4.78 is 38.6. The Morgan fingerprint density at radius 2 is 1.96 bits per heavy atom. The Balaban J connectivity index is 2.02. The summed E-state index contributed by atoms with van der Waals surface area (Å²) >= 11 is 0. The maximum Gasteiger partial charge on any atom is 0.416 e. The van der Waals surface area contributed by atoms with Crippen LogP contribution in [0.4, 0.5) is 24.5 Å². The van der Waals surface area contributed by atoms with Crippen LogP contribution in [0.2, 0.25) is 0 Å². The van der Waals surface area contributed by atoms with Crippen molar-refractivity contribution in [3.05, 3.63) is 53.3 Å². The zero-order valence-corrected chi connectivity index (χ0v) is 11.9. The van der Waals surface area contributed by atoms with Crippen molar-refractivity contribution in [2.75, 3.05) is 5.32 Å². The molecule has 1 heterocycles. The molecule has 0 aliphatic heterocycles. The summed E-state index contributed by atoms with van der Waals surface area (Å²) in [6.07, 6.45) is -0.981. The molecule has 0 radical (unpaired) electrons. The Morgan fingerprint density at radius 1 is 1.22 bits per heavy atom. The van der Waals surface area contributed by atoms with Gasteiger partial charge in [-0.15, -0.1) is 0 Å². The molecule has 1 aromatic carbocycles. The van der Waals surface area contributed by atoms with Gasteiger partial charge >= 0.3 is 12.1 Å². The summed E-state index contributed by atoms with van der Waals surface area (Å²) in [7, 11) is 0. The van der Waals surface area contributed by atoms with Gasteiger partial charge in [0.1, 0.15) is 0 Å². The number of carboxylic acid groups (broad SMARTS) is 1. The van der Waals surface area contributed by atoms with Gasteiger partial charge in [0.25, 0.3) is 0 Å². The lowest BCUT2D eigenvalue weighted by Gasteiger charge is -2.15. The number of nitrogens with zero attached hydrogens (tertiary/aromatic N) is 1. The van der Waals surface area contributed by atoms with Gasteiger partial charge in [0, 0.05) is 12.1 Å². The Morgan fingerprint density at radius 3 is 2.57 bits per heavy atom. The van der Waals surface area contributed by atoms with Crippen LogP contribution < -0.4 is 5.32 Å². The number of aromatic carboxylic acids is 1. The highest BCUT2D eigenvalue weighted by molar-refractivity contribution is 5.95. The van der Waals surface area contributed by atoms with Gasteiger partial charge in [-0.25, -0.2) is 4.79 Å². The number of carbonyl (C=O) groups is 1. The average Bonchev–Trinajstić information content (AvgIpc) is 3.31. The molecule has 1 aliphatic rings. The number of pyridine rings is 1. The van der Waals surface area contributed by atoms with Gasteiger partial charge in [0.2, 0.25) is 0 Å². The minimum atomic E-state index is -4.54. The average molecular weight is 322 g/mol. The number of benzene rings is 1. The van der Waals surface area contributed by atoms with Crippen molar-refractivity contribution < 1.29 is 23.1 Å². The number of halogens is 3. The first-order chi connectivity index (χ1) is 10.9. The molecular formula is C16H13F3N2O2. The molecule has 1 fully saturated rings. The van der Waals surface area contributed by atoms with Crippen molar-refractivity contribution in [1.82, 2.24) is 4.98 Å². The van der Waals surface area contributed by atoms with Gasteiger partial charge in [-0.1, -0.05) is 0 Å². The molecule has 4 nitrogen and oxygen atoms in total. The fourth-order valence-electron chi connectivity index (χ4n) is 2.36. The quantitative estimate of drug-likeness (QED) is 0.875. The lowest BCUT2D eigenvalue weighted by atomic mass is 10.1. The monoisotopic (exact) mass is 322 g/mol. The highest BCUT2D eigenvalue weighted by Gasteiger charge is 2.32. The zero-order valence-electron chi connectivity index (χ0n) is 11.9. The second-order valence-corrected chi connectivity index (χ2v) is 5.40. The molecule has 2 aromatic rings. The van der Waals surface area contributed by atoms with E-state index in [1.54, 1.807) is 18.3 Å². The predicted octanol–water partition coefficient (Wildman–Crippen LogP) is 4.42. The standard InChI is InChI=1S/C16H13F3N2O2/c17-16(18,19)10-5-6-11(15(22)23)13(8-10)21-12-2-1-7-20-14(12)9-3-4-9/h1-2,5-9,21H,3-4H2,(H,22,23). The van der Waals surface area contributed by atoms with E-state index in [0.717, 1.165) is 36.7 Å². The first kappa shape index (κ1) is 15.3. The van der Waals surface area contributed by atoms with Crippen molar-refractivity contribution in [2.24, 2.45) is 0 Å². The topological polar surface area (TPSA) is 62.2 Å². The van der Waals surface area contributed by atoms with Gasteiger partial charge < -0.3 is 10.4 Å². The molecular weight excluding hydrogens is 309 g/mol. The maximum absolute atomic E-state index is 12.9. The van der Waals surface area contributed by atoms with Crippen molar-refractivity contribution in [3.8, 4) is 0 Å². The van der Waals surface area contributed by atoms with Crippen LogP contribution >= 0.6 is 0 Å². The summed E-state index contributed by atoms with van der Waals surface area (Å²) in [5.41, 5.74) is 0.0748. The molecule has 3 rings (SSSR count). The second-order valence-electron chi connectivity index (χ2n) is 5.40. The number of carboxylic acids is 1. The summed E-state index contributed by atoms with van der Waals surface area (Å²) in [5.74, 6) is -1.02. The Hall–Kier alpha value is -2.57. The molecule has 120 valence electrons. The molecule has 0 unspecified atom stereocenters. The Labute approximate surface area is 130 Å². The van der Waals surface area contributed by atoms with E-state index in [4.69, 9.17) is 0 Å². The number of nitrogens with one attached hydrogen (secondary N) is 1. The van der Waals surface area contributed by atoms with Crippen LogP contribution in [0.25, 0.3) is 0 Å². The number of alkyl halides is 3. The van der Waals surface area contributed by atoms with Crippen LogP contribution in [0.3, 0.4) is 0 Å². The molecule has 2 N–H and O–H groups in total. The van der Waals surface area contributed by atoms with Crippen molar-refractivity contribution >= 4 is 17.3 Å². The fourth-order valence-corrected chi connectivity index (χ4v) is 2.36. The number of anilines is 2. The van der Waals surface area contributed by atoms with Gasteiger partial charge in [0.15, 0.2) is 0 Å². The van der Waals surface area contributed by atoms with E-state index in [0.29, 0.717) is 5.69 Å². The van der Waals surface area contributed by atoms with Crippen LogP contribution in [0.5, 0.6) is 0 Å². The van der Waals surface area contributed by atoms with Crippen LogP contribution in [0.15, 0.2) is 36.5 Å². The van der Waals surface area contributed by atoms with Crippen molar-refractivity contribution in [1.29, 1.82) is 0 Å². The smallest absolute Gasteiger partial charge is 0.416 e. The van der Waals surface area contributed by atoms with E-state index in [-0.39, 0.29) is 17.2 Å². The van der Waals surface area contributed by atoms with E-state index in [1.165, 1.54) is 0 Å². The Bertz CT molecular complexity index is 755. The number of rotatable bonds is 4. The summed E-state index contributed by atoms with van der Waals surface area (Å²) in [6, 6.07) is 5.88. The lowest BCUT2D eigenvalue weighted by Crippen LogP contribution is -2.09. The van der Waals surface area contributed by atoms with Gasteiger partial charge in [-0.3, -0.25) is 4.98 Å². The fraction of sp³-hybridized carbons (Fsp3) is 0.250. The molecule has 1 aromatic heterocycles. The van der Waals surface area contributed by atoms with Crippen LogP contribution in [-0.4, -0.2) is 16.1 Å².